The summed E-state index contributed by atoms with van der Waals surface area (Å²) in [5.74, 6) is 1.34. The van der Waals surface area contributed by atoms with Crippen LogP contribution in [0.15, 0.2) is 22.8 Å². The van der Waals surface area contributed by atoms with Crippen LogP contribution in [0.3, 0.4) is 0 Å². The number of aromatic nitrogens is 1. The summed E-state index contributed by atoms with van der Waals surface area (Å²) in [5, 5.41) is 0. The van der Waals surface area contributed by atoms with Crippen molar-refractivity contribution in [2.24, 2.45) is 5.92 Å². The number of hydrogen-bond donors (Lipinski definition) is 0. The average molecular weight is 267 g/mol. The van der Waals surface area contributed by atoms with Crippen LogP contribution in [-0.2, 0) is 4.79 Å². The van der Waals surface area contributed by atoms with Gasteiger partial charge in [-0.2, -0.15) is 0 Å². The van der Waals surface area contributed by atoms with E-state index in [2.05, 4.69) is 20.9 Å². The topological polar surface area (TPSA) is 33.2 Å². The standard InChI is InChI=1S/C11H11BrN2O/c12-7-4-5-10(13-6-7)14-9-3-1-2-8(9)11(14)15/h4-6,8-9H,1-3H2/t8-,9+/m0/s1. The second kappa shape index (κ2) is 3.30. The van der Waals surface area contributed by atoms with E-state index in [1.807, 2.05) is 17.0 Å². The predicted molar refractivity (Wildman–Crippen MR) is 60.6 cm³/mol. The van der Waals surface area contributed by atoms with Gasteiger partial charge in [0.15, 0.2) is 0 Å². The Hall–Kier alpha value is -0.900. The van der Waals surface area contributed by atoms with Gasteiger partial charge in [0.05, 0.1) is 5.92 Å². The lowest BCUT2D eigenvalue weighted by molar-refractivity contribution is -0.129. The molecule has 3 rings (SSSR count). The van der Waals surface area contributed by atoms with Crippen LogP contribution in [0.4, 0.5) is 5.82 Å². The number of anilines is 1. The van der Waals surface area contributed by atoms with Crippen molar-refractivity contribution in [3.63, 3.8) is 0 Å². The van der Waals surface area contributed by atoms with Crippen LogP contribution in [0.25, 0.3) is 0 Å². The summed E-state index contributed by atoms with van der Waals surface area (Å²) in [6.45, 7) is 0. The highest BCUT2D eigenvalue weighted by Gasteiger charge is 2.50. The number of carbonyl (C=O) groups excluding carboxylic acids is 1. The molecule has 1 aromatic rings. The zero-order chi connectivity index (χ0) is 10.4. The van der Waals surface area contributed by atoms with Gasteiger partial charge in [-0.05, 0) is 40.9 Å². The summed E-state index contributed by atoms with van der Waals surface area (Å²) in [5.41, 5.74) is 0. The first-order valence-corrected chi connectivity index (χ1v) is 6.01. The van der Waals surface area contributed by atoms with Gasteiger partial charge in [0.2, 0.25) is 5.91 Å². The quantitative estimate of drug-likeness (QED) is 0.732. The van der Waals surface area contributed by atoms with Crippen LogP contribution in [0, 0.1) is 5.92 Å². The number of β-lactam (4-membered cyclic amide) rings is 1. The molecule has 1 aromatic heterocycles. The maximum absolute atomic E-state index is 11.8. The van der Waals surface area contributed by atoms with Gasteiger partial charge < -0.3 is 0 Å². The van der Waals surface area contributed by atoms with Gasteiger partial charge in [-0.15, -0.1) is 0 Å². The third-order valence-corrected chi connectivity index (χ3v) is 3.79. The van der Waals surface area contributed by atoms with Gasteiger partial charge in [-0.3, -0.25) is 9.69 Å². The Morgan fingerprint density at radius 3 is 3.00 bits per heavy atom. The maximum Gasteiger partial charge on any atom is 0.233 e. The Morgan fingerprint density at radius 2 is 2.27 bits per heavy atom. The molecule has 1 aliphatic carbocycles. The largest absolute Gasteiger partial charge is 0.293 e. The van der Waals surface area contributed by atoms with Gasteiger partial charge >= 0.3 is 0 Å². The van der Waals surface area contributed by atoms with E-state index in [9.17, 15) is 4.79 Å². The Morgan fingerprint density at radius 1 is 1.40 bits per heavy atom. The van der Waals surface area contributed by atoms with Crippen molar-refractivity contribution in [3.05, 3.63) is 22.8 Å². The average Bonchev–Trinajstić information content (AvgIpc) is 2.65. The summed E-state index contributed by atoms with van der Waals surface area (Å²) in [7, 11) is 0. The highest BCUT2D eigenvalue weighted by molar-refractivity contribution is 9.10. The van der Waals surface area contributed by atoms with Crippen molar-refractivity contribution in [1.82, 2.24) is 4.98 Å². The van der Waals surface area contributed by atoms with E-state index >= 15 is 0 Å². The zero-order valence-corrected chi connectivity index (χ0v) is 9.77. The molecule has 0 bridgehead atoms. The lowest BCUT2D eigenvalue weighted by Crippen LogP contribution is -2.58. The third-order valence-electron chi connectivity index (χ3n) is 3.32. The fourth-order valence-electron chi connectivity index (χ4n) is 2.59. The van der Waals surface area contributed by atoms with E-state index in [-0.39, 0.29) is 11.8 Å². The van der Waals surface area contributed by atoms with Crippen molar-refractivity contribution in [1.29, 1.82) is 0 Å². The Kier molecular flexibility index (Phi) is 2.06. The summed E-state index contributed by atoms with van der Waals surface area (Å²) >= 11 is 3.34. The lowest BCUT2D eigenvalue weighted by Gasteiger charge is -2.42. The molecule has 4 heteroatoms. The number of fused-ring (bicyclic) bond motifs is 1. The molecule has 1 saturated carbocycles. The minimum Gasteiger partial charge on any atom is -0.293 e. The van der Waals surface area contributed by atoms with Gasteiger partial charge in [-0.25, -0.2) is 4.98 Å². The van der Waals surface area contributed by atoms with Gasteiger partial charge in [0.1, 0.15) is 5.82 Å². The Labute approximate surface area is 96.6 Å². The number of hydrogen-bond acceptors (Lipinski definition) is 2. The van der Waals surface area contributed by atoms with Crippen molar-refractivity contribution >= 4 is 27.7 Å². The second-order valence-electron chi connectivity index (χ2n) is 4.15. The molecule has 2 atom stereocenters. The molecule has 0 radical (unpaired) electrons. The van der Waals surface area contributed by atoms with E-state index in [1.165, 1.54) is 6.42 Å². The smallest absolute Gasteiger partial charge is 0.233 e. The number of carbonyl (C=O) groups is 1. The molecule has 3 nitrogen and oxygen atoms in total. The van der Waals surface area contributed by atoms with E-state index < -0.39 is 0 Å². The number of pyridine rings is 1. The molecule has 2 heterocycles. The fraction of sp³-hybridized carbons (Fsp3) is 0.455. The molecule has 0 spiro atoms. The molecule has 0 unspecified atom stereocenters. The summed E-state index contributed by atoms with van der Waals surface area (Å²) in [6.07, 6.45) is 5.11. The molecule has 15 heavy (non-hydrogen) atoms. The van der Waals surface area contributed by atoms with E-state index in [4.69, 9.17) is 0 Å². The summed E-state index contributed by atoms with van der Waals surface area (Å²) in [6, 6.07) is 4.25. The first-order valence-electron chi connectivity index (χ1n) is 5.22. The Bertz CT molecular complexity index is 404. The van der Waals surface area contributed by atoms with Gasteiger partial charge in [-0.1, -0.05) is 6.42 Å². The van der Waals surface area contributed by atoms with Crippen molar-refractivity contribution in [2.75, 3.05) is 4.90 Å². The normalized spacial score (nSPS) is 28.9. The molecular formula is C11H11BrN2O. The minimum absolute atomic E-state index is 0.257. The van der Waals surface area contributed by atoms with Gasteiger partial charge in [0.25, 0.3) is 0 Å². The number of halogens is 1. The van der Waals surface area contributed by atoms with Crippen molar-refractivity contribution < 1.29 is 4.79 Å². The summed E-state index contributed by atoms with van der Waals surface area (Å²) < 4.78 is 0.946. The molecular weight excluding hydrogens is 256 g/mol. The molecule has 0 aromatic carbocycles. The third kappa shape index (κ3) is 1.31. The summed E-state index contributed by atoms with van der Waals surface area (Å²) in [4.78, 5) is 17.9. The highest BCUT2D eigenvalue weighted by Crippen LogP contribution is 2.42. The maximum atomic E-state index is 11.8. The fourth-order valence-corrected chi connectivity index (χ4v) is 2.83. The molecule has 1 saturated heterocycles. The molecule has 1 aliphatic heterocycles. The Balaban J connectivity index is 1.89. The van der Waals surface area contributed by atoms with Crippen LogP contribution in [0.1, 0.15) is 19.3 Å². The highest BCUT2D eigenvalue weighted by atomic mass is 79.9. The van der Waals surface area contributed by atoms with Crippen molar-refractivity contribution in [3.8, 4) is 0 Å². The van der Waals surface area contributed by atoms with Crippen LogP contribution < -0.4 is 4.90 Å². The zero-order valence-electron chi connectivity index (χ0n) is 8.19. The van der Waals surface area contributed by atoms with Crippen LogP contribution >= 0.6 is 15.9 Å². The molecule has 2 aliphatic rings. The molecule has 1 amide bonds. The lowest BCUT2D eigenvalue weighted by atomic mass is 9.91. The predicted octanol–water partition coefficient (Wildman–Crippen LogP) is 2.36. The number of amides is 1. The van der Waals surface area contributed by atoms with Crippen LogP contribution in [0.5, 0.6) is 0 Å². The first-order chi connectivity index (χ1) is 7.27. The number of rotatable bonds is 1. The van der Waals surface area contributed by atoms with Crippen LogP contribution in [-0.4, -0.2) is 16.9 Å². The van der Waals surface area contributed by atoms with E-state index in [0.717, 1.165) is 23.1 Å². The molecule has 2 fully saturated rings. The minimum atomic E-state index is 0.257. The van der Waals surface area contributed by atoms with Crippen LogP contribution in [0.2, 0.25) is 0 Å². The monoisotopic (exact) mass is 266 g/mol. The first kappa shape index (κ1) is 9.33. The van der Waals surface area contributed by atoms with E-state index in [1.54, 1.807) is 6.20 Å². The molecule has 0 N–H and O–H groups in total. The number of nitrogens with zero attached hydrogens (tertiary/aromatic N) is 2. The van der Waals surface area contributed by atoms with Gasteiger partial charge in [0, 0.05) is 16.7 Å². The second-order valence-corrected chi connectivity index (χ2v) is 5.06. The SMILES string of the molecule is O=C1[C@H]2CCC[C@H]2N1c1ccc(Br)cn1. The molecule has 78 valence electrons. The van der Waals surface area contributed by atoms with E-state index in [0.29, 0.717) is 6.04 Å². The van der Waals surface area contributed by atoms with Crippen molar-refractivity contribution in [2.45, 2.75) is 25.3 Å².